The van der Waals surface area contributed by atoms with E-state index in [0.29, 0.717) is 24.6 Å². The Kier molecular flexibility index (Phi) is 6.23. The van der Waals surface area contributed by atoms with Crippen LogP contribution in [0, 0.1) is 0 Å². The lowest BCUT2D eigenvalue weighted by molar-refractivity contribution is -0.131. The van der Waals surface area contributed by atoms with Gasteiger partial charge in [-0.2, -0.15) is 0 Å². The molecule has 3 aromatic rings. The molecule has 1 aliphatic rings. The van der Waals surface area contributed by atoms with Gasteiger partial charge in [0.05, 0.1) is 17.1 Å². The fourth-order valence-electron chi connectivity index (χ4n) is 3.45. The highest BCUT2D eigenvalue weighted by Gasteiger charge is 2.32. The average molecular weight is 420 g/mol. The van der Waals surface area contributed by atoms with E-state index in [1.54, 1.807) is 30.5 Å². The summed E-state index contributed by atoms with van der Waals surface area (Å²) >= 11 is 1.61. The average Bonchev–Trinajstić information content (AvgIpc) is 3.52. The summed E-state index contributed by atoms with van der Waals surface area (Å²) < 4.78 is 0. The zero-order valence-corrected chi connectivity index (χ0v) is 17.8. The SMILES string of the molecule is CNC(=O)c1ccc(CN(C(=O)Cc2csc(Cc3ccccc3)n2)C2CC2)cc1. The standard InChI is InChI=1S/C24H25N3O2S/c1-25-24(29)19-9-7-18(8-10-19)15-27(21-11-12-21)23(28)14-20-16-30-22(26-20)13-17-5-3-2-4-6-17/h2-10,16,21H,11-15H2,1H3,(H,25,29). The molecule has 0 unspecified atom stereocenters. The Morgan fingerprint density at radius 1 is 1.07 bits per heavy atom. The molecule has 154 valence electrons. The fraction of sp³-hybridized carbons (Fsp3) is 0.292. The Hall–Kier alpha value is -2.99. The van der Waals surface area contributed by atoms with Crippen LogP contribution in [-0.4, -0.2) is 34.8 Å². The summed E-state index contributed by atoms with van der Waals surface area (Å²) in [6.45, 7) is 0.568. The van der Waals surface area contributed by atoms with E-state index >= 15 is 0 Å². The number of carbonyl (C=O) groups excluding carboxylic acids is 2. The lowest BCUT2D eigenvalue weighted by atomic mass is 10.1. The number of aromatic nitrogens is 1. The monoisotopic (exact) mass is 419 g/mol. The first kappa shape index (κ1) is 20.3. The number of carbonyl (C=O) groups is 2. The van der Waals surface area contributed by atoms with Gasteiger partial charge in [0, 0.05) is 37.0 Å². The lowest BCUT2D eigenvalue weighted by Gasteiger charge is -2.22. The van der Waals surface area contributed by atoms with Gasteiger partial charge in [-0.1, -0.05) is 42.5 Å². The van der Waals surface area contributed by atoms with E-state index in [1.165, 1.54) is 5.56 Å². The third-order valence-corrected chi connectivity index (χ3v) is 6.13. The highest BCUT2D eigenvalue weighted by Crippen LogP contribution is 2.29. The number of hydrogen-bond donors (Lipinski definition) is 1. The molecule has 1 aromatic heterocycles. The molecule has 0 radical (unpaired) electrons. The van der Waals surface area contributed by atoms with E-state index in [2.05, 4.69) is 22.4 Å². The van der Waals surface area contributed by atoms with Crippen LogP contribution in [0.1, 0.15) is 45.0 Å². The summed E-state index contributed by atoms with van der Waals surface area (Å²) in [5.41, 5.74) is 3.73. The predicted molar refractivity (Wildman–Crippen MR) is 118 cm³/mol. The summed E-state index contributed by atoms with van der Waals surface area (Å²) in [6, 6.07) is 18.0. The van der Waals surface area contributed by atoms with Gasteiger partial charge in [-0.3, -0.25) is 9.59 Å². The predicted octanol–water partition coefficient (Wildman–Crippen LogP) is 3.83. The molecule has 2 aromatic carbocycles. The van der Waals surface area contributed by atoms with Gasteiger partial charge in [0.1, 0.15) is 0 Å². The summed E-state index contributed by atoms with van der Waals surface area (Å²) in [5.74, 6) is 0.0101. The van der Waals surface area contributed by atoms with E-state index < -0.39 is 0 Å². The number of benzene rings is 2. The summed E-state index contributed by atoms with van der Waals surface area (Å²) in [6.07, 6.45) is 3.23. The van der Waals surface area contributed by atoms with Gasteiger partial charge in [0.2, 0.25) is 5.91 Å². The van der Waals surface area contributed by atoms with Crippen molar-refractivity contribution in [2.24, 2.45) is 0 Å². The fourth-order valence-corrected chi connectivity index (χ4v) is 4.28. The minimum atomic E-state index is -0.105. The van der Waals surface area contributed by atoms with Gasteiger partial charge < -0.3 is 10.2 Å². The summed E-state index contributed by atoms with van der Waals surface area (Å²) in [5, 5.41) is 5.66. The second kappa shape index (κ2) is 9.22. The van der Waals surface area contributed by atoms with Gasteiger partial charge in [-0.05, 0) is 36.1 Å². The molecule has 1 N–H and O–H groups in total. The maximum atomic E-state index is 13.0. The minimum absolute atomic E-state index is 0.105. The van der Waals surface area contributed by atoms with Crippen molar-refractivity contribution >= 4 is 23.2 Å². The number of thiazole rings is 1. The number of rotatable bonds is 8. The van der Waals surface area contributed by atoms with Crippen LogP contribution in [-0.2, 0) is 24.2 Å². The van der Waals surface area contributed by atoms with Crippen molar-refractivity contribution in [1.82, 2.24) is 15.2 Å². The first-order chi connectivity index (χ1) is 14.6. The van der Waals surface area contributed by atoms with Gasteiger partial charge in [0.15, 0.2) is 0 Å². The third-order valence-electron chi connectivity index (χ3n) is 5.23. The Morgan fingerprint density at radius 2 is 1.80 bits per heavy atom. The molecule has 0 bridgehead atoms. The second-order valence-electron chi connectivity index (χ2n) is 7.60. The Balaban J connectivity index is 1.39. The summed E-state index contributed by atoms with van der Waals surface area (Å²) in [7, 11) is 1.62. The molecule has 4 rings (SSSR count). The molecule has 0 spiro atoms. The largest absolute Gasteiger partial charge is 0.355 e. The molecule has 0 saturated heterocycles. The van der Waals surface area contributed by atoms with Crippen LogP contribution < -0.4 is 5.32 Å². The molecule has 1 fully saturated rings. The Labute approximate surface area is 180 Å². The topological polar surface area (TPSA) is 62.3 Å². The van der Waals surface area contributed by atoms with Crippen LogP contribution in [0.25, 0.3) is 0 Å². The smallest absolute Gasteiger partial charge is 0.251 e. The molecule has 5 nitrogen and oxygen atoms in total. The number of nitrogens with one attached hydrogen (secondary N) is 1. The van der Waals surface area contributed by atoms with Crippen LogP contribution in [0.4, 0.5) is 0 Å². The molecule has 0 atom stereocenters. The number of amides is 2. The van der Waals surface area contributed by atoms with Gasteiger partial charge in [-0.25, -0.2) is 4.98 Å². The van der Waals surface area contributed by atoms with Crippen molar-refractivity contribution in [3.8, 4) is 0 Å². The molecule has 1 heterocycles. The molecule has 0 aliphatic heterocycles. The lowest BCUT2D eigenvalue weighted by Crippen LogP contribution is -2.34. The third kappa shape index (κ3) is 5.13. The van der Waals surface area contributed by atoms with Gasteiger partial charge in [-0.15, -0.1) is 11.3 Å². The molecule has 2 amide bonds. The first-order valence-electron chi connectivity index (χ1n) is 10.2. The van der Waals surface area contributed by atoms with Crippen LogP contribution in [0.2, 0.25) is 0 Å². The van der Waals surface area contributed by atoms with Crippen molar-refractivity contribution in [3.05, 3.63) is 87.4 Å². The number of hydrogen-bond acceptors (Lipinski definition) is 4. The number of nitrogens with zero attached hydrogens (tertiary/aromatic N) is 2. The molecular formula is C24H25N3O2S. The van der Waals surface area contributed by atoms with Crippen molar-refractivity contribution in [3.63, 3.8) is 0 Å². The molecule has 30 heavy (non-hydrogen) atoms. The van der Waals surface area contributed by atoms with Crippen LogP contribution >= 0.6 is 11.3 Å². The molecule has 1 saturated carbocycles. The Bertz CT molecular complexity index is 1010. The van der Waals surface area contributed by atoms with E-state index in [9.17, 15) is 9.59 Å². The normalized spacial score (nSPS) is 13.1. The van der Waals surface area contributed by atoms with E-state index in [0.717, 1.165) is 35.5 Å². The summed E-state index contributed by atoms with van der Waals surface area (Å²) in [4.78, 5) is 31.4. The quantitative estimate of drug-likeness (QED) is 0.604. The highest BCUT2D eigenvalue weighted by atomic mass is 32.1. The zero-order chi connectivity index (χ0) is 20.9. The molecular weight excluding hydrogens is 394 g/mol. The van der Waals surface area contributed by atoms with Crippen LogP contribution in [0.15, 0.2) is 60.0 Å². The van der Waals surface area contributed by atoms with Gasteiger partial charge in [0.25, 0.3) is 5.91 Å². The molecule has 6 heteroatoms. The second-order valence-corrected chi connectivity index (χ2v) is 8.54. The maximum Gasteiger partial charge on any atom is 0.251 e. The maximum absolute atomic E-state index is 13.0. The van der Waals surface area contributed by atoms with Crippen LogP contribution in [0.5, 0.6) is 0 Å². The first-order valence-corrected chi connectivity index (χ1v) is 11.1. The van der Waals surface area contributed by atoms with Crippen molar-refractivity contribution in [1.29, 1.82) is 0 Å². The minimum Gasteiger partial charge on any atom is -0.355 e. The Morgan fingerprint density at radius 3 is 2.47 bits per heavy atom. The zero-order valence-electron chi connectivity index (χ0n) is 17.0. The van der Waals surface area contributed by atoms with E-state index in [-0.39, 0.29) is 11.8 Å². The van der Waals surface area contributed by atoms with Crippen molar-refractivity contribution in [2.45, 2.75) is 38.3 Å². The van der Waals surface area contributed by atoms with E-state index in [4.69, 9.17) is 0 Å². The highest BCUT2D eigenvalue weighted by molar-refractivity contribution is 7.09. The van der Waals surface area contributed by atoms with Crippen molar-refractivity contribution < 1.29 is 9.59 Å². The van der Waals surface area contributed by atoms with Gasteiger partial charge >= 0.3 is 0 Å². The van der Waals surface area contributed by atoms with Crippen LogP contribution in [0.3, 0.4) is 0 Å². The van der Waals surface area contributed by atoms with E-state index in [1.807, 2.05) is 40.6 Å². The van der Waals surface area contributed by atoms with Crippen molar-refractivity contribution in [2.75, 3.05) is 7.05 Å². The molecule has 1 aliphatic carbocycles.